The number of carbonyl (C=O) groups is 2. The molecular formula is C14H17N3O3. The van der Waals surface area contributed by atoms with Crippen LogP contribution in [0.4, 0.5) is 0 Å². The fraction of sp³-hybridized carbons (Fsp3) is 0.357. The van der Waals surface area contributed by atoms with Crippen LogP contribution in [-0.2, 0) is 4.79 Å². The van der Waals surface area contributed by atoms with Crippen LogP contribution in [-0.4, -0.2) is 44.4 Å². The SMILES string of the molecule is CCN(CCC(=O)O)C(=O)c1cn2c(C)cccc2n1. The molecule has 0 atom stereocenters. The Morgan fingerprint density at radius 3 is 2.75 bits per heavy atom. The molecule has 0 spiro atoms. The number of aliphatic carboxylic acids is 1. The van der Waals surface area contributed by atoms with Crippen LogP contribution in [0.3, 0.4) is 0 Å². The predicted octanol–water partition coefficient (Wildman–Crippen LogP) is 1.58. The Morgan fingerprint density at radius 2 is 2.15 bits per heavy atom. The Morgan fingerprint density at radius 1 is 1.40 bits per heavy atom. The smallest absolute Gasteiger partial charge is 0.305 e. The van der Waals surface area contributed by atoms with E-state index in [-0.39, 0.29) is 18.9 Å². The lowest BCUT2D eigenvalue weighted by atomic mass is 10.3. The van der Waals surface area contributed by atoms with Gasteiger partial charge in [-0.15, -0.1) is 0 Å². The second-order valence-electron chi connectivity index (χ2n) is 4.55. The first kappa shape index (κ1) is 14.0. The van der Waals surface area contributed by atoms with Crippen LogP contribution in [0.1, 0.15) is 29.5 Å². The molecule has 1 N–H and O–H groups in total. The average Bonchev–Trinajstić information content (AvgIpc) is 2.84. The summed E-state index contributed by atoms with van der Waals surface area (Å²) < 4.78 is 1.85. The van der Waals surface area contributed by atoms with E-state index in [2.05, 4.69) is 4.98 Å². The number of imidazole rings is 1. The van der Waals surface area contributed by atoms with E-state index >= 15 is 0 Å². The summed E-state index contributed by atoms with van der Waals surface area (Å²) in [6.07, 6.45) is 1.63. The minimum atomic E-state index is -0.915. The molecule has 2 aromatic rings. The fourth-order valence-electron chi connectivity index (χ4n) is 2.05. The molecule has 20 heavy (non-hydrogen) atoms. The van der Waals surface area contributed by atoms with Gasteiger partial charge in [-0.3, -0.25) is 9.59 Å². The number of hydrogen-bond donors (Lipinski definition) is 1. The van der Waals surface area contributed by atoms with Gasteiger partial charge in [0.2, 0.25) is 0 Å². The highest BCUT2D eigenvalue weighted by atomic mass is 16.4. The Kier molecular flexibility index (Phi) is 4.02. The number of aryl methyl sites for hydroxylation is 1. The average molecular weight is 275 g/mol. The van der Waals surface area contributed by atoms with Crippen molar-refractivity contribution in [3.8, 4) is 0 Å². The third-order valence-corrected chi connectivity index (χ3v) is 3.18. The molecule has 0 saturated carbocycles. The summed E-state index contributed by atoms with van der Waals surface area (Å²) >= 11 is 0. The van der Waals surface area contributed by atoms with Crippen LogP contribution in [0.2, 0.25) is 0 Å². The van der Waals surface area contributed by atoms with Gasteiger partial charge in [0.05, 0.1) is 6.42 Å². The van der Waals surface area contributed by atoms with E-state index in [1.54, 1.807) is 6.20 Å². The van der Waals surface area contributed by atoms with Gasteiger partial charge in [0, 0.05) is 25.0 Å². The predicted molar refractivity (Wildman–Crippen MR) is 73.8 cm³/mol. The molecule has 0 aliphatic rings. The number of carboxylic acid groups (broad SMARTS) is 1. The van der Waals surface area contributed by atoms with Gasteiger partial charge < -0.3 is 14.4 Å². The van der Waals surface area contributed by atoms with Gasteiger partial charge in [0.1, 0.15) is 11.3 Å². The maximum atomic E-state index is 12.3. The number of pyridine rings is 1. The van der Waals surface area contributed by atoms with E-state index in [1.165, 1.54) is 4.90 Å². The minimum absolute atomic E-state index is 0.0635. The Bertz CT molecular complexity index is 648. The molecule has 6 nitrogen and oxygen atoms in total. The van der Waals surface area contributed by atoms with Crippen molar-refractivity contribution in [1.29, 1.82) is 0 Å². The van der Waals surface area contributed by atoms with Crippen molar-refractivity contribution in [2.45, 2.75) is 20.3 Å². The van der Waals surface area contributed by atoms with Crippen LogP contribution in [0.5, 0.6) is 0 Å². The summed E-state index contributed by atoms with van der Waals surface area (Å²) in [5.41, 5.74) is 2.04. The van der Waals surface area contributed by atoms with Crippen LogP contribution < -0.4 is 0 Å². The van der Waals surface area contributed by atoms with Gasteiger partial charge in [-0.25, -0.2) is 4.98 Å². The number of nitrogens with zero attached hydrogens (tertiary/aromatic N) is 3. The Balaban J connectivity index is 2.25. The summed E-state index contributed by atoms with van der Waals surface area (Å²) in [5.74, 6) is -1.15. The van der Waals surface area contributed by atoms with E-state index in [1.807, 2.05) is 36.4 Å². The van der Waals surface area contributed by atoms with E-state index in [0.29, 0.717) is 17.9 Å². The Labute approximate surface area is 116 Å². The lowest BCUT2D eigenvalue weighted by Gasteiger charge is -2.18. The zero-order chi connectivity index (χ0) is 14.7. The van der Waals surface area contributed by atoms with Crippen LogP contribution in [0.25, 0.3) is 5.65 Å². The number of carbonyl (C=O) groups excluding carboxylic acids is 1. The molecule has 0 bridgehead atoms. The van der Waals surface area contributed by atoms with Gasteiger partial charge in [0.25, 0.3) is 5.91 Å². The lowest BCUT2D eigenvalue weighted by Crippen LogP contribution is -2.33. The third kappa shape index (κ3) is 2.79. The number of amides is 1. The van der Waals surface area contributed by atoms with Crippen molar-refractivity contribution >= 4 is 17.5 Å². The van der Waals surface area contributed by atoms with E-state index in [9.17, 15) is 9.59 Å². The highest BCUT2D eigenvalue weighted by Gasteiger charge is 2.18. The van der Waals surface area contributed by atoms with Crippen molar-refractivity contribution < 1.29 is 14.7 Å². The maximum absolute atomic E-state index is 12.3. The van der Waals surface area contributed by atoms with Gasteiger partial charge in [-0.05, 0) is 26.0 Å². The molecule has 2 aromatic heterocycles. The molecule has 0 saturated heterocycles. The van der Waals surface area contributed by atoms with Gasteiger partial charge in [-0.2, -0.15) is 0 Å². The summed E-state index contributed by atoms with van der Waals surface area (Å²) in [6, 6.07) is 5.65. The fourth-order valence-corrected chi connectivity index (χ4v) is 2.05. The molecule has 0 unspecified atom stereocenters. The van der Waals surface area contributed by atoms with E-state index in [0.717, 1.165) is 5.69 Å². The topological polar surface area (TPSA) is 74.9 Å². The van der Waals surface area contributed by atoms with Crippen molar-refractivity contribution in [3.63, 3.8) is 0 Å². The molecule has 6 heteroatoms. The summed E-state index contributed by atoms with van der Waals surface area (Å²) in [7, 11) is 0. The summed E-state index contributed by atoms with van der Waals surface area (Å²) in [5, 5.41) is 8.70. The molecule has 0 fully saturated rings. The number of rotatable bonds is 5. The van der Waals surface area contributed by atoms with Crippen molar-refractivity contribution in [2.24, 2.45) is 0 Å². The third-order valence-electron chi connectivity index (χ3n) is 3.18. The summed E-state index contributed by atoms with van der Waals surface area (Å²) in [4.78, 5) is 28.7. The van der Waals surface area contributed by atoms with Gasteiger partial charge in [0.15, 0.2) is 0 Å². The number of hydrogen-bond acceptors (Lipinski definition) is 3. The number of aromatic nitrogens is 2. The normalized spacial score (nSPS) is 10.7. The van der Waals surface area contributed by atoms with Crippen molar-refractivity contribution in [3.05, 3.63) is 35.8 Å². The molecule has 0 aliphatic carbocycles. The first-order valence-electron chi connectivity index (χ1n) is 6.48. The zero-order valence-corrected chi connectivity index (χ0v) is 11.5. The van der Waals surface area contributed by atoms with Crippen LogP contribution in [0.15, 0.2) is 24.4 Å². The second kappa shape index (κ2) is 5.73. The maximum Gasteiger partial charge on any atom is 0.305 e. The first-order chi connectivity index (χ1) is 9.52. The molecule has 0 aromatic carbocycles. The van der Waals surface area contributed by atoms with E-state index < -0.39 is 5.97 Å². The van der Waals surface area contributed by atoms with Gasteiger partial charge >= 0.3 is 5.97 Å². The lowest BCUT2D eigenvalue weighted by molar-refractivity contribution is -0.137. The van der Waals surface area contributed by atoms with E-state index in [4.69, 9.17) is 5.11 Å². The molecule has 0 radical (unpaired) electrons. The second-order valence-corrected chi connectivity index (χ2v) is 4.55. The van der Waals surface area contributed by atoms with Crippen LogP contribution >= 0.6 is 0 Å². The molecular weight excluding hydrogens is 258 g/mol. The number of carboxylic acids is 1. The monoisotopic (exact) mass is 275 g/mol. The van der Waals surface area contributed by atoms with Crippen molar-refractivity contribution in [1.82, 2.24) is 14.3 Å². The quantitative estimate of drug-likeness (QED) is 0.899. The largest absolute Gasteiger partial charge is 0.481 e. The molecule has 2 heterocycles. The molecule has 2 rings (SSSR count). The zero-order valence-electron chi connectivity index (χ0n) is 11.5. The molecule has 106 valence electrons. The molecule has 1 amide bonds. The van der Waals surface area contributed by atoms with Crippen LogP contribution in [0, 0.1) is 6.92 Å². The Hall–Kier alpha value is -2.37. The van der Waals surface area contributed by atoms with Gasteiger partial charge in [-0.1, -0.05) is 6.07 Å². The highest BCUT2D eigenvalue weighted by molar-refractivity contribution is 5.93. The van der Waals surface area contributed by atoms with Crippen molar-refractivity contribution in [2.75, 3.05) is 13.1 Å². The minimum Gasteiger partial charge on any atom is -0.481 e. The number of fused-ring (bicyclic) bond motifs is 1. The highest BCUT2D eigenvalue weighted by Crippen LogP contribution is 2.10. The first-order valence-corrected chi connectivity index (χ1v) is 6.48. The summed E-state index contributed by atoms with van der Waals surface area (Å²) in [6.45, 7) is 4.40. The molecule has 0 aliphatic heterocycles. The standard InChI is InChI=1S/C14H17N3O3/c1-3-16(8-7-13(18)19)14(20)11-9-17-10(2)5-4-6-12(17)15-11/h4-6,9H,3,7-8H2,1-2H3,(H,18,19).